The Morgan fingerprint density at radius 2 is 1.85 bits per heavy atom. The average Bonchev–Trinajstić information content (AvgIpc) is 3.26. The molecule has 0 unspecified atom stereocenters. The molecule has 0 atom stereocenters. The van der Waals surface area contributed by atoms with Crippen LogP contribution in [0.2, 0.25) is 0 Å². The summed E-state index contributed by atoms with van der Waals surface area (Å²) in [5.74, 6) is 2.52. The highest BCUT2D eigenvalue weighted by Crippen LogP contribution is 2.38. The number of rotatable bonds is 3. The number of fused-ring (bicyclic) bond motifs is 2. The third-order valence-electron chi connectivity index (χ3n) is 4.62. The molecular weight excluding hydrogens is 358 g/mol. The van der Waals surface area contributed by atoms with Crippen molar-refractivity contribution in [3.63, 3.8) is 0 Å². The summed E-state index contributed by atoms with van der Waals surface area (Å²) >= 11 is 1.75. The first-order chi connectivity index (χ1) is 13.2. The van der Waals surface area contributed by atoms with E-state index in [-0.39, 0.29) is 0 Å². The van der Waals surface area contributed by atoms with E-state index in [2.05, 4.69) is 41.8 Å². The number of pyridine rings is 1. The van der Waals surface area contributed by atoms with E-state index in [0.717, 1.165) is 44.9 Å². The zero-order valence-corrected chi connectivity index (χ0v) is 16.0. The van der Waals surface area contributed by atoms with Gasteiger partial charge in [0.15, 0.2) is 11.5 Å². The molecule has 1 N–H and O–H groups in total. The Bertz CT molecular complexity index is 1150. The Kier molecular flexibility index (Phi) is 3.79. The van der Waals surface area contributed by atoms with Crippen molar-refractivity contribution in [2.75, 3.05) is 18.5 Å². The molecule has 0 amide bonds. The van der Waals surface area contributed by atoms with Crippen LogP contribution in [0.5, 0.6) is 11.5 Å². The third-order valence-corrected chi connectivity index (χ3v) is 5.62. The van der Waals surface area contributed by atoms with Crippen LogP contribution < -0.4 is 14.8 Å². The number of thiophene rings is 1. The molecule has 1 aliphatic heterocycles. The smallest absolute Gasteiger partial charge is 0.163 e. The Labute approximate surface area is 161 Å². The lowest BCUT2D eigenvalue weighted by Gasteiger charge is -2.19. The van der Waals surface area contributed by atoms with Gasteiger partial charge in [-0.05, 0) is 50.2 Å². The van der Waals surface area contributed by atoms with Crippen LogP contribution in [0.4, 0.5) is 11.5 Å². The van der Waals surface area contributed by atoms with Gasteiger partial charge in [-0.15, -0.1) is 11.3 Å². The fourth-order valence-corrected chi connectivity index (χ4v) is 4.22. The van der Waals surface area contributed by atoms with Gasteiger partial charge in [0.1, 0.15) is 30.4 Å². The average molecular weight is 377 g/mol. The number of imidazole rings is 1. The summed E-state index contributed by atoms with van der Waals surface area (Å²) < 4.78 is 13.5. The molecule has 0 radical (unpaired) electrons. The van der Waals surface area contributed by atoms with Crippen molar-refractivity contribution in [3.05, 3.63) is 59.1 Å². The number of hydrogen-bond acceptors (Lipinski definition) is 5. The molecule has 1 aromatic carbocycles. The summed E-state index contributed by atoms with van der Waals surface area (Å²) in [4.78, 5) is 7.31. The molecule has 3 aromatic heterocycles. The molecule has 0 fully saturated rings. The number of anilines is 2. The van der Waals surface area contributed by atoms with E-state index >= 15 is 0 Å². The molecule has 0 spiro atoms. The Morgan fingerprint density at radius 1 is 1.00 bits per heavy atom. The number of ether oxygens (including phenoxy) is 2. The number of benzene rings is 1. The summed E-state index contributed by atoms with van der Waals surface area (Å²) in [6.07, 6.45) is 0. The van der Waals surface area contributed by atoms with Crippen molar-refractivity contribution < 1.29 is 9.47 Å². The lowest BCUT2D eigenvalue weighted by molar-refractivity contribution is 0.171. The van der Waals surface area contributed by atoms with E-state index in [4.69, 9.17) is 14.5 Å². The maximum Gasteiger partial charge on any atom is 0.163 e. The van der Waals surface area contributed by atoms with Gasteiger partial charge in [0.2, 0.25) is 0 Å². The second kappa shape index (κ2) is 6.32. The second-order valence-electron chi connectivity index (χ2n) is 6.56. The van der Waals surface area contributed by atoms with E-state index in [1.165, 1.54) is 4.88 Å². The normalized spacial score (nSPS) is 13.1. The Hall–Kier alpha value is -2.99. The molecule has 136 valence electrons. The maximum atomic E-state index is 5.73. The van der Waals surface area contributed by atoms with Gasteiger partial charge < -0.3 is 14.8 Å². The van der Waals surface area contributed by atoms with E-state index in [0.29, 0.717) is 13.2 Å². The minimum atomic E-state index is 0.574. The molecular formula is C21H19N3O2S. The van der Waals surface area contributed by atoms with E-state index in [1.807, 2.05) is 30.3 Å². The first-order valence-electron chi connectivity index (χ1n) is 8.90. The minimum Gasteiger partial charge on any atom is -0.486 e. The number of aryl methyl sites for hydroxylation is 2. The van der Waals surface area contributed by atoms with E-state index in [1.54, 1.807) is 11.3 Å². The van der Waals surface area contributed by atoms with Crippen molar-refractivity contribution in [2.45, 2.75) is 13.8 Å². The lowest BCUT2D eigenvalue weighted by Crippen LogP contribution is -2.15. The van der Waals surface area contributed by atoms with Gasteiger partial charge in [0, 0.05) is 22.3 Å². The summed E-state index contributed by atoms with van der Waals surface area (Å²) in [6.45, 7) is 5.37. The zero-order valence-electron chi connectivity index (χ0n) is 15.2. The summed E-state index contributed by atoms with van der Waals surface area (Å²) in [7, 11) is 0. The highest BCUT2D eigenvalue weighted by molar-refractivity contribution is 7.15. The number of nitrogens with zero attached hydrogens (tertiary/aromatic N) is 2. The van der Waals surface area contributed by atoms with Crippen LogP contribution >= 0.6 is 11.3 Å². The molecule has 27 heavy (non-hydrogen) atoms. The first-order valence-corrected chi connectivity index (χ1v) is 9.72. The molecule has 1 aliphatic rings. The van der Waals surface area contributed by atoms with Crippen LogP contribution in [0.3, 0.4) is 0 Å². The summed E-state index contributed by atoms with van der Waals surface area (Å²) in [5.41, 5.74) is 3.95. The van der Waals surface area contributed by atoms with Crippen LogP contribution in [0.25, 0.3) is 16.2 Å². The highest BCUT2D eigenvalue weighted by Gasteiger charge is 2.18. The number of nitrogens with one attached hydrogen (secondary N) is 1. The van der Waals surface area contributed by atoms with Gasteiger partial charge in [-0.3, -0.25) is 4.40 Å². The van der Waals surface area contributed by atoms with Crippen LogP contribution in [0, 0.1) is 13.8 Å². The molecule has 0 aliphatic carbocycles. The van der Waals surface area contributed by atoms with Gasteiger partial charge in [0.05, 0.1) is 4.88 Å². The Morgan fingerprint density at radius 3 is 2.67 bits per heavy atom. The van der Waals surface area contributed by atoms with Crippen molar-refractivity contribution in [2.24, 2.45) is 0 Å². The van der Waals surface area contributed by atoms with Crippen LogP contribution in [0.15, 0.2) is 48.5 Å². The largest absolute Gasteiger partial charge is 0.486 e. The predicted octanol–water partition coefficient (Wildman–Crippen LogP) is 5.19. The Balaban J connectivity index is 1.65. The molecule has 0 bridgehead atoms. The monoisotopic (exact) mass is 377 g/mol. The minimum absolute atomic E-state index is 0.574. The van der Waals surface area contributed by atoms with E-state index in [9.17, 15) is 0 Å². The van der Waals surface area contributed by atoms with Crippen molar-refractivity contribution in [1.82, 2.24) is 9.38 Å². The number of aromatic nitrogens is 2. The molecule has 0 saturated heterocycles. The van der Waals surface area contributed by atoms with Crippen LogP contribution in [-0.4, -0.2) is 22.6 Å². The molecule has 4 aromatic rings. The lowest BCUT2D eigenvalue weighted by atomic mass is 10.2. The molecule has 5 nitrogen and oxygen atoms in total. The first kappa shape index (κ1) is 16.2. The maximum absolute atomic E-state index is 5.73. The highest BCUT2D eigenvalue weighted by atomic mass is 32.1. The summed E-state index contributed by atoms with van der Waals surface area (Å²) in [5, 5.41) is 3.57. The number of hydrogen-bond donors (Lipinski definition) is 1. The molecule has 0 saturated carbocycles. The molecule has 4 heterocycles. The predicted molar refractivity (Wildman–Crippen MR) is 109 cm³/mol. The fraction of sp³-hybridized carbons (Fsp3) is 0.190. The van der Waals surface area contributed by atoms with Crippen molar-refractivity contribution >= 4 is 28.5 Å². The van der Waals surface area contributed by atoms with Gasteiger partial charge >= 0.3 is 0 Å². The summed E-state index contributed by atoms with van der Waals surface area (Å²) in [6, 6.07) is 16.4. The standard InChI is InChI=1S/C21H19N3O2S/c1-13-4-3-5-19-23-20(18-9-6-14(2)27-18)21(24(13)19)22-15-7-8-16-17(12-15)26-11-10-25-16/h3-9,12,22H,10-11H2,1-2H3. The van der Waals surface area contributed by atoms with Crippen LogP contribution in [-0.2, 0) is 0 Å². The van der Waals surface area contributed by atoms with E-state index < -0.39 is 0 Å². The van der Waals surface area contributed by atoms with Gasteiger partial charge in [-0.1, -0.05) is 6.07 Å². The fourth-order valence-electron chi connectivity index (χ4n) is 3.36. The molecule has 6 heteroatoms. The second-order valence-corrected chi connectivity index (χ2v) is 7.85. The van der Waals surface area contributed by atoms with Gasteiger partial charge in [-0.2, -0.15) is 0 Å². The van der Waals surface area contributed by atoms with Gasteiger partial charge in [0.25, 0.3) is 0 Å². The van der Waals surface area contributed by atoms with Crippen molar-refractivity contribution in [3.8, 4) is 22.1 Å². The van der Waals surface area contributed by atoms with Gasteiger partial charge in [-0.25, -0.2) is 4.98 Å². The molecule has 5 rings (SSSR count). The van der Waals surface area contributed by atoms with Crippen molar-refractivity contribution in [1.29, 1.82) is 0 Å². The third kappa shape index (κ3) is 2.82. The topological polar surface area (TPSA) is 47.8 Å². The zero-order chi connectivity index (χ0) is 18.4. The SMILES string of the molecule is Cc1ccc(-c2nc3cccc(C)n3c2Nc2ccc3c(c2)OCCO3)s1. The van der Waals surface area contributed by atoms with Crippen LogP contribution in [0.1, 0.15) is 10.6 Å². The quantitative estimate of drug-likeness (QED) is 0.533.